The van der Waals surface area contributed by atoms with Crippen molar-refractivity contribution in [3.8, 4) is 11.5 Å². The van der Waals surface area contributed by atoms with Gasteiger partial charge < -0.3 is 19.5 Å². The molecule has 1 fully saturated rings. The molecule has 1 aromatic carbocycles. The zero-order valence-electron chi connectivity index (χ0n) is 12.5. The summed E-state index contributed by atoms with van der Waals surface area (Å²) in [4.78, 5) is 1.49. The second kappa shape index (κ2) is 7.50. The molecule has 0 spiro atoms. The summed E-state index contributed by atoms with van der Waals surface area (Å²) in [6.45, 7) is 5.73. The lowest BCUT2D eigenvalue weighted by Gasteiger charge is -2.29. The molecule has 0 bridgehead atoms. The molecule has 4 nitrogen and oxygen atoms in total. The van der Waals surface area contributed by atoms with E-state index in [-0.39, 0.29) is 0 Å². The van der Waals surface area contributed by atoms with Gasteiger partial charge in [0, 0.05) is 12.0 Å². The van der Waals surface area contributed by atoms with Crippen LogP contribution in [0, 0.1) is 5.92 Å². The molecule has 112 valence electrons. The van der Waals surface area contributed by atoms with Crippen LogP contribution >= 0.6 is 0 Å². The quantitative estimate of drug-likeness (QED) is 0.808. The van der Waals surface area contributed by atoms with Crippen molar-refractivity contribution in [1.82, 2.24) is 0 Å². The van der Waals surface area contributed by atoms with E-state index in [1.54, 1.807) is 7.11 Å². The van der Waals surface area contributed by atoms with Gasteiger partial charge in [-0.05, 0) is 25.0 Å². The molecule has 0 aliphatic carbocycles. The van der Waals surface area contributed by atoms with Crippen molar-refractivity contribution in [1.29, 1.82) is 0 Å². The molecular formula is C16H26NO3+. The third-order valence-electron chi connectivity index (χ3n) is 3.87. The zero-order valence-corrected chi connectivity index (χ0v) is 12.5. The molecule has 2 rings (SSSR count). The summed E-state index contributed by atoms with van der Waals surface area (Å²) in [6.07, 6.45) is 2.17. The van der Waals surface area contributed by atoms with Gasteiger partial charge in [-0.15, -0.1) is 0 Å². The molecule has 0 saturated carbocycles. The summed E-state index contributed by atoms with van der Waals surface area (Å²) in [5.41, 5.74) is 0. The van der Waals surface area contributed by atoms with E-state index in [0.29, 0.717) is 6.61 Å². The Balaban J connectivity index is 1.75. The first kappa shape index (κ1) is 15.1. The first-order chi connectivity index (χ1) is 9.67. The molecule has 1 aliphatic rings. The highest BCUT2D eigenvalue weighted by Gasteiger charge is 2.22. The smallest absolute Gasteiger partial charge is 0.137 e. The lowest BCUT2D eigenvalue weighted by Crippen LogP contribution is -3.14. The van der Waals surface area contributed by atoms with Gasteiger partial charge in [0.05, 0.1) is 20.2 Å². The standard InChI is InChI=1S/C16H25NO3/c1-13-5-4-8-17(10-13)11-14(18)12-20-16-7-3-6-15(9-16)19-2/h3,6-7,9,13-14,18H,4-5,8,10-12H2,1-2H3/p+1/t13-,14-/m0/s1. The molecule has 0 radical (unpaired) electrons. The number of likely N-dealkylation sites (tertiary alicyclic amines) is 1. The van der Waals surface area contributed by atoms with Crippen LogP contribution in [0.5, 0.6) is 11.5 Å². The Bertz CT molecular complexity index is 410. The van der Waals surface area contributed by atoms with E-state index in [1.807, 2.05) is 24.3 Å². The number of nitrogens with one attached hydrogen (secondary N) is 1. The van der Waals surface area contributed by atoms with Crippen molar-refractivity contribution in [2.24, 2.45) is 5.92 Å². The van der Waals surface area contributed by atoms with Gasteiger partial charge in [-0.2, -0.15) is 0 Å². The summed E-state index contributed by atoms with van der Waals surface area (Å²) in [5.74, 6) is 2.28. The molecule has 1 aromatic rings. The number of methoxy groups -OCH3 is 1. The lowest BCUT2D eigenvalue weighted by molar-refractivity contribution is -0.911. The summed E-state index contributed by atoms with van der Waals surface area (Å²) >= 11 is 0. The highest BCUT2D eigenvalue weighted by Crippen LogP contribution is 2.18. The number of aliphatic hydroxyl groups excluding tert-OH is 1. The van der Waals surface area contributed by atoms with E-state index < -0.39 is 6.10 Å². The second-order valence-corrected chi connectivity index (χ2v) is 5.80. The van der Waals surface area contributed by atoms with Gasteiger partial charge in [0.25, 0.3) is 0 Å². The van der Waals surface area contributed by atoms with Crippen molar-refractivity contribution in [3.05, 3.63) is 24.3 Å². The van der Waals surface area contributed by atoms with Gasteiger partial charge in [0.15, 0.2) is 0 Å². The monoisotopic (exact) mass is 280 g/mol. The van der Waals surface area contributed by atoms with Crippen LogP contribution in [0.1, 0.15) is 19.8 Å². The SMILES string of the molecule is COc1cccc(OC[C@@H](O)C[NH+]2CCC[C@H](C)C2)c1. The normalized spacial score (nSPS) is 24.1. The van der Waals surface area contributed by atoms with Gasteiger partial charge in [0.1, 0.15) is 30.8 Å². The van der Waals surface area contributed by atoms with Crippen molar-refractivity contribution >= 4 is 0 Å². The number of benzene rings is 1. The van der Waals surface area contributed by atoms with Gasteiger partial charge in [-0.3, -0.25) is 0 Å². The number of piperidine rings is 1. The minimum absolute atomic E-state index is 0.338. The zero-order chi connectivity index (χ0) is 14.4. The Morgan fingerprint density at radius 1 is 1.40 bits per heavy atom. The Morgan fingerprint density at radius 3 is 2.95 bits per heavy atom. The number of rotatable bonds is 6. The summed E-state index contributed by atoms with van der Waals surface area (Å²) in [7, 11) is 1.63. The van der Waals surface area contributed by atoms with Gasteiger partial charge >= 0.3 is 0 Å². The van der Waals surface area contributed by atoms with E-state index in [0.717, 1.165) is 30.5 Å². The predicted molar refractivity (Wildman–Crippen MR) is 78.5 cm³/mol. The lowest BCUT2D eigenvalue weighted by atomic mass is 10.0. The third-order valence-corrected chi connectivity index (χ3v) is 3.87. The summed E-state index contributed by atoms with van der Waals surface area (Å²) in [6, 6.07) is 7.48. The molecule has 0 amide bonds. The van der Waals surface area contributed by atoms with Crippen LogP contribution in [0.15, 0.2) is 24.3 Å². The van der Waals surface area contributed by atoms with Crippen LogP contribution in [0.2, 0.25) is 0 Å². The van der Waals surface area contributed by atoms with Crippen LogP contribution in [-0.2, 0) is 0 Å². The molecule has 1 heterocycles. The van der Waals surface area contributed by atoms with Crippen LogP contribution < -0.4 is 14.4 Å². The summed E-state index contributed by atoms with van der Waals surface area (Å²) < 4.78 is 10.8. The van der Waals surface area contributed by atoms with Crippen molar-refractivity contribution in [2.75, 3.05) is 33.4 Å². The van der Waals surface area contributed by atoms with Gasteiger partial charge in [-0.25, -0.2) is 0 Å². The molecule has 4 heteroatoms. The average molecular weight is 280 g/mol. The number of aliphatic hydroxyl groups is 1. The average Bonchev–Trinajstić information content (AvgIpc) is 2.45. The molecular weight excluding hydrogens is 254 g/mol. The first-order valence-electron chi connectivity index (χ1n) is 7.46. The minimum atomic E-state index is -0.415. The fourth-order valence-electron chi connectivity index (χ4n) is 2.86. The van der Waals surface area contributed by atoms with Crippen molar-refractivity contribution in [3.63, 3.8) is 0 Å². The Labute approximate surface area is 121 Å². The Hall–Kier alpha value is -1.26. The predicted octanol–water partition coefficient (Wildman–Crippen LogP) is 0.750. The third kappa shape index (κ3) is 4.69. The highest BCUT2D eigenvalue weighted by atomic mass is 16.5. The Morgan fingerprint density at radius 2 is 2.20 bits per heavy atom. The number of ether oxygens (including phenoxy) is 2. The molecule has 1 aliphatic heterocycles. The van der Waals surface area contributed by atoms with Gasteiger partial charge in [-0.1, -0.05) is 13.0 Å². The van der Waals surface area contributed by atoms with E-state index >= 15 is 0 Å². The second-order valence-electron chi connectivity index (χ2n) is 5.80. The largest absolute Gasteiger partial charge is 0.497 e. The summed E-state index contributed by atoms with van der Waals surface area (Å²) in [5, 5.41) is 10.1. The van der Waals surface area contributed by atoms with E-state index in [1.165, 1.54) is 24.3 Å². The number of hydrogen-bond donors (Lipinski definition) is 2. The molecule has 3 atom stereocenters. The first-order valence-corrected chi connectivity index (χ1v) is 7.46. The Kier molecular flexibility index (Phi) is 5.68. The molecule has 0 aromatic heterocycles. The van der Waals surface area contributed by atoms with Crippen molar-refractivity contribution < 1.29 is 19.5 Å². The van der Waals surface area contributed by atoms with Crippen molar-refractivity contribution in [2.45, 2.75) is 25.9 Å². The fraction of sp³-hybridized carbons (Fsp3) is 0.625. The van der Waals surface area contributed by atoms with Crippen LogP contribution in [0.3, 0.4) is 0 Å². The number of hydrogen-bond acceptors (Lipinski definition) is 3. The number of quaternary nitrogens is 1. The maximum absolute atomic E-state index is 10.1. The van der Waals surface area contributed by atoms with Gasteiger partial charge in [0.2, 0.25) is 0 Å². The van der Waals surface area contributed by atoms with Crippen LogP contribution in [-0.4, -0.2) is 44.6 Å². The fourth-order valence-corrected chi connectivity index (χ4v) is 2.86. The van der Waals surface area contributed by atoms with E-state index in [9.17, 15) is 5.11 Å². The van der Waals surface area contributed by atoms with Crippen LogP contribution in [0.25, 0.3) is 0 Å². The van der Waals surface area contributed by atoms with E-state index in [4.69, 9.17) is 9.47 Å². The van der Waals surface area contributed by atoms with E-state index in [2.05, 4.69) is 6.92 Å². The molecule has 1 saturated heterocycles. The maximum Gasteiger partial charge on any atom is 0.137 e. The molecule has 2 N–H and O–H groups in total. The molecule has 1 unspecified atom stereocenters. The maximum atomic E-state index is 10.1. The molecule has 20 heavy (non-hydrogen) atoms. The topological polar surface area (TPSA) is 43.1 Å². The van der Waals surface area contributed by atoms with Crippen LogP contribution in [0.4, 0.5) is 0 Å². The minimum Gasteiger partial charge on any atom is -0.497 e. The highest BCUT2D eigenvalue weighted by molar-refractivity contribution is 5.32.